The maximum atomic E-state index is 13.6. The summed E-state index contributed by atoms with van der Waals surface area (Å²) in [5.74, 6) is -1.01. The highest BCUT2D eigenvalue weighted by atomic mass is 79.9. The molecule has 0 N–H and O–H groups in total. The van der Waals surface area contributed by atoms with Crippen LogP contribution in [0.25, 0.3) is 0 Å². The summed E-state index contributed by atoms with van der Waals surface area (Å²) < 4.78 is 5.99. The highest BCUT2D eigenvalue weighted by Crippen LogP contribution is 2.48. The second-order valence-electron chi connectivity index (χ2n) is 8.24. The molecule has 0 radical (unpaired) electrons. The monoisotopic (exact) mass is 537 g/mol. The van der Waals surface area contributed by atoms with Crippen molar-refractivity contribution in [2.45, 2.75) is 18.7 Å². The van der Waals surface area contributed by atoms with Gasteiger partial charge in [0, 0.05) is 12.1 Å². The largest absolute Gasteiger partial charge is 0.496 e. The molecule has 0 spiro atoms. The third-order valence-electron chi connectivity index (χ3n) is 6.20. The maximum Gasteiger partial charge on any atom is 0.271 e. The summed E-state index contributed by atoms with van der Waals surface area (Å²) in [6.45, 7) is 0.144. The molecule has 9 nitrogen and oxygen atoms in total. The molecule has 0 aromatic heterocycles. The fourth-order valence-corrected chi connectivity index (χ4v) is 5.12. The third kappa shape index (κ3) is 4.04. The van der Waals surface area contributed by atoms with Gasteiger partial charge >= 0.3 is 0 Å². The molecule has 3 aromatic carbocycles. The number of methoxy groups -OCH3 is 1. The lowest BCUT2D eigenvalue weighted by Gasteiger charge is -2.29. The number of halogens is 1. The molecule has 2 aliphatic rings. The minimum atomic E-state index is -1.05. The first-order valence-corrected chi connectivity index (χ1v) is 11.6. The normalized spacial score (nSPS) is 21.4. The van der Waals surface area contributed by atoms with Crippen LogP contribution in [0.15, 0.2) is 77.3 Å². The van der Waals surface area contributed by atoms with Gasteiger partial charge in [-0.15, -0.1) is 0 Å². The van der Waals surface area contributed by atoms with Gasteiger partial charge in [-0.25, -0.2) is 5.06 Å². The van der Waals surface area contributed by atoms with Gasteiger partial charge in [0.2, 0.25) is 5.91 Å². The Balaban J connectivity index is 1.56. The van der Waals surface area contributed by atoms with E-state index >= 15 is 0 Å². The SMILES string of the molecule is COc1ccc([C@@H]2[C@@H]3C(=O)N(Cc4ccccc4)C(=O)[C@H]3ON2c2cccc([N+](=O)[O-])c2)cc1Br. The zero-order valence-corrected chi connectivity index (χ0v) is 20.1. The van der Waals surface area contributed by atoms with Crippen molar-refractivity contribution in [1.29, 1.82) is 0 Å². The molecule has 35 heavy (non-hydrogen) atoms. The second-order valence-corrected chi connectivity index (χ2v) is 9.10. The quantitative estimate of drug-likeness (QED) is 0.260. The zero-order valence-electron chi connectivity index (χ0n) is 18.5. The Morgan fingerprint density at radius 2 is 1.80 bits per heavy atom. The molecule has 2 amide bonds. The molecule has 10 heteroatoms. The zero-order chi connectivity index (χ0) is 24.7. The van der Waals surface area contributed by atoms with E-state index in [0.29, 0.717) is 21.5 Å². The van der Waals surface area contributed by atoms with Gasteiger partial charge in [-0.05, 0) is 45.3 Å². The van der Waals surface area contributed by atoms with E-state index in [1.807, 2.05) is 30.3 Å². The average Bonchev–Trinajstić information content (AvgIpc) is 3.37. The van der Waals surface area contributed by atoms with Crippen LogP contribution in [0.3, 0.4) is 0 Å². The molecule has 0 aliphatic carbocycles. The molecule has 5 rings (SSSR count). The predicted octanol–water partition coefficient (Wildman–Crippen LogP) is 4.41. The summed E-state index contributed by atoms with van der Waals surface area (Å²) in [5, 5.41) is 12.8. The molecule has 2 aliphatic heterocycles. The van der Waals surface area contributed by atoms with Crippen molar-refractivity contribution < 1.29 is 24.1 Å². The second kappa shape index (κ2) is 9.12. The molecule has 2 saturated heterocycles. The maximum absolute atomic E-state index is 13.6. The number of amides is 2. The highest BCUT2D eigenvalue weighted by molar-refractivity contribution is 9.10. The van der Waals surface area contributed by atoms with Crippen molar-refractivity contribution in [3.8, 4) is 5.75 Å². The standard InChI is InChI=1S/C25H20BrN3O6/c1-34-20-11-10-16(12-19(20)26)22-21-23(35-28(22)17-8-5-9-18(13-17)29(32)33)25(31)27(24(21)30)14-15-6-3-2-4-7-15/h2-13,21-23H,14H2,1H3/t21-,22+,23-/m0/s1. The fourth-order valence-electron chi connectivity index (χ4n) is 4.57. The predicted molar refractivity (Wildman–Crippen MR) is 129 cm³/mol. The van der Waals surface area contributed by atoms with Crippen molar-refractivity contribution in [3.05, 3.63) is 98.5 Å². The van der Waals surface area contributed by atoms with Crippen LogP contribution in [-0.2, 0) is 21.0 Å². The van der Waals surface area contributed by atoms with E-state index in [2.05, 4.69) is 15.9 Å². The Hall–Kier alpha value is -3.76. The molecule has 0 bridgehead atoms. The Kier molecular flexibility index (Phi) is 6.00. The number of hydroxylamine groups is 1. The summed E-state index contributed by atoms with van der Waals surface area (Å²) in [5.41, 5.74) is 1.77. The number of anilines is 1. The number of nitro benzene ring substituents is 1. The number of rotatable bonds is 6. The van der Waals surface area contributed by atoms with Gasteiger partial charge in [0.25, 0.3) is 11.6 Å². The molecule has 178 valence electrons. The fraction of sp³-hybridized carbons (Fsp3) is 0.200. The van der Waals surface area contributed by atoms with Gasteiger partial charge in [-0.1, -0.05) is 42.5 Å². The molecule has 2 fully saturated rings. The van der Waals surface area contributed by atoms with Gasteiger partial charge < -0.3 is 4.74 Å². The van der Waals surface area contributed by atoms with Gasteiger partial charge in [-0.3, -0.25) is 29.4 Å². The lowest BCUT2D eigenvalue weighted by atomic mass is 9.90. The minimum Gasteiger partial charge on any atom is -0.496 e. The number of hydrogen-bond acceptors (Lipinski definition) is 7. The topological polar surface area (TPSA) is 102 Å². The number of likely N-dealkylation sites (tertiary alicyclic amines) is 1. The number of nitrogens with zero attached hydrogens (tertiary/aromatic N) is 3. The van der Waals surface area contributed by atoms with Crippen LogP contribution in [0.1, 0.15) is 17.2 Å². The molecule has 0 unspecified atom stereocenters. The van der Waals surface area contributed by atoms with Crippen LogP contribution < -0.4 is 9.80 Å². The Morgan fingerprint density at radius 1 is 1.03 bits per heavy atom. The first-order chi connectivity index (χ1) is 16.9. The van der Waals surface area contributed by atoms with E-state index < -0.39 is 28.9 Å². The summed E-state index contributed by atoms with van der Waals surface area (Å²) in [4.78, 5) is 45.1. The Labute approximate surface area is 209 Å². The summed E-state index contributed by atoms with van der Waals surface area (Å²) in [7, 11) is 1.55. The number of fused-ring (bicyclic) bond motifs is 1. The molecule has 2 heterocycles. The van der Waals surface area contributed by atoms with Crippen LogP contribution in [0.2, 0.25) is 0 Å². The lowest BCUT2D eigenvalue weighted by molar-refractivity contribution is -0.384. The smallest absolute Gasteiger partial charge is 0.271 e. The van der Waals surface area contributed by atoms with Crippen LogP contribution >= 0.6 is 15.9 Å². The van der Waals surface area contributed by atoms with E-state index in [1.165, 1.54) is 28.2 Å². The average molecular weight is 538 g/mol. The van der Waals surface area contributed by atoms with Crippen molar-refractivity contribution >= 4 is 39.1 Å². The van der Waals surface area contributed by atoms with E-state index in [0.717, 1.165) is 5.56 Å². The minimum absolute atomic E-state index is 0.124. The first kappa shape index (κ1) is 23.0. The molecular weight excluding hydrogens is 518 g/mol. The van der Waals surface area contributed by atoms with E-state index in [9.17, 15) is 19.7 Å². The van der Waals surface area contributed by atoms with E-state index in [1.54, 1.807) is 31.4 Å². The molecule has 3 aromatic rings. The number of carbonyl (C=O) groups is 2. The van der Waals surface area contributed by atoms with Gasteiger partial charge in [-0.2, -0.15) is 0 Å². The van der Waals surface area contributed by atoms with Crippen molar-refractivity contribution in [1.82, 2.24) is 4.90 Å². The Morgan fingerprint density at radius 3 is 2.49 bits per heavy atom. The van der Waals surface area contributed by atoms with Crippen molar-refractivity contribution in [2.75, 3.05) is 12.2 Å². The van der Waals surface area contributed by atoms with E-state index in [4.69, 9.17) is 9.57 Å². The first-order valence-electron chi connectivity index (χ1n) is 10.8. The van der Waals surface area contributed by atoms with Crippen molar-refractivity contribution in [3.63, 3.8) is 0 Å². The van der Waals surface area contributed by atoms with Crippen LogP contribution in [0.5, 0.6) is 5.75 Å². The summed E-state index contributed by atoms with van der Waals surface area (Å²) >= 11 is 3.48. The summed E-state index contributed by atoms with van der Waals surface area (Å²) in [6.07, 6.45) is -1.05. The van der Waals surface area contributed by atoms with Gasteiger partial charge in [0.1, 0.15) is 11.7 Å². The highest BCUT2D eigenvalue weighted by Gasteiger charge is 2.59. The molecule has 0 saturated carbocycles. The van der Waals surface area contributed by atoms with Gasteiger partial charge in [0.15, 0.2) is 6.10 Å². The number of benzene rings is 3. The van der Waals surface area contributed by atoms with Crippen LogP contribution in [0.4, 0.5) is 11.4 Å². The number of non-ortho nitro benzene ring substituents is 1. The molecule has 3 atom stereocenters. The van der Waals surface area contributed by atoms with Crippen LogP contribution in [0, 0.1) is 16.0 Å². The van der Waals surface area contributed by atoms with Crippen molar-refractivity contribution in [2.24, 2.45) is 5.92 Å². The van der Waals surface area contributed by atoms with Gasteiger partial charge in [0.05, 0.1) is 34.8 Å². The van der Waals surface area contributed by atoms with Crippen LogP contribution in [-0.4, -0.2) is 34.9 Å². The lowest BCUT2D eigenvalue weighted by Crippen LogP contribution is -2.37. The summed E-state index contributed by atoms with van der Waals surface area (Å²) in [6, 6.07) is 19.8. The number of imide groups is 1. The number of ether oxygens (including phenoxy) is 1. The molecular formula is C25H20BrN3O6. The van der Waals surface area contributed by atoms with E-state index in [-0.39, 0.29) is 18.1 Å². The number of hydrogen-bond donors (Lipinski definition) is 0. The number of nitro groups is 1. The Bertz CT molecular complexity index is 1320. The number of carbonyl (C=O) groups excluding carboxylic acids is 2. The third-order valence-corrected chi connectivity index (χ3v) is 6.82.